The van der Waals surface area contributed by atoms with Crippen LogP contribution in [-0.2, 0) is 16.1 Å². The Bertz CT molecular complexity index is 1390. The van der Waals surface area contributed by atoms with Crippen molar-refractivity contribution in [1.82, 2.24) is 15.2 Å². The third-order valence-electron chi connectivity index (χ3n) is 9.09. The van der Waals surface area contributed by atoms with Crippen LogP contribution >= 0.6 is 0 Å². The number of hydrogen-bond acceptors (Lipinski definition) is 5. The molecule has 1 spiro atoms. The number of hydrogen-bond donors (Lipinski definition) is 1. The summed E-state index contributed by atoms with van der Waals surface area (Å²) in [6, 6.07) is 11.6. The number of likely N-dealkylation sites (tertiary alicyclic amines) is 1. The van der Waals surface area contributed by atoms with Gasteiger partial charge < -0.3 is 9.91 Å². The maximum atomic E-state index is 15.7. The maximum absolute atomic E-state index is 15.7. The van der Waals surface area contributed by atoms with Crippen molar-refractivity contribution in [3.05, 3.63) is 53.3 Å². The molecule has 4 fully saturated rings. The molecular formula is C30H32FN5O2. The molecule has 3 heterocycles. The van der Waals surface area contributed by atoms with E-state index in [0.29, 0.717) is 31.0 Å². The minimum atomic E-state index is -0.687. The van der Waals surface area contributed by atoms with Gasteiger partial charge >= 0.3 is 0 Å². The van der Waals surface area contributed by atoms with E-state index in [1.54, 1.807) is 17.0 Å². The number of fused-ring (bicyclic) bond motifs is 1. The van der Waals surface area contributed by atoms with Crippen molar-refractivity contribution in [3.63, 3.8) is 0 Å². The summed E-state index contributed by atoms with van der Waals surface area (Å²) in [7, 11) is 0. The summed E-state index contributed by atoms with van der Waals surface area (Å²) in [5.41, 5.74) is 7.43. The van der Waals surface area contributed by atoms with Crippen LogP contribution in [0, 0.1) is 23.6 Å². The quantitative estimate of drug-likeness (QED) is 0.613. The number of anilines is 1. The molecule has 0 aromatic heterocycles. The molecule has 0 bridgehead atoms. The van der Waals surface area contributed by atoms with Gasteiger partial charge in [-0.25, -0.2) is 9.82 Å². The minimum absolute atomic E-state index is 0.00943. The smallest absolute Gasteiger partial charge is 0.256 e. The van der Waals surface area contributed by atoms with E-state index in [4.69, 9.17) is 4.99 Å². The number of halogens is 1. The number of hydrazine groups is 1. The van der Waals surface area contributed by atoms with Crippen LogP contribution in [0.15, 0.2) is 41.4 Å². The Morgan fingerprint density at radius 2 is 1.76 bits per heavy atom. The molecule has 2 amide bonds. The largest absolute Gasteiger partial charge is 0.342 e. The molecule has 2 aromatic carbocycles. The predicted octanol–water partition coefficient (Wildman–Crippen LogP) is 3.72. The van der Waals surface area contributed by atoms with Gasteiger partial charge in [-0.15, -0.1) is 0 Å². The highest BCUT2D eigenvalue weighted by molar-refractivity contribution is 6.16. The van der Waals surface area contributed by atoms with Gasteiger partial charge in [0.15, 0.2) is 0 Å². The fourth-order valence-corrected chi connectivity index (χ4v) is 6.22. The second-order valence-corrected chi connectivity index (χ2v) is 12.2. The Labute approximate surface area is 221 Å². The van der Waals surface area contributed by atoms with Gasteiger partial charge in [0.2, 0.25) is 5.91 Å². The van der Waals surface area contributed by atoms with Crippen molar-refractivity contribution in [1.29, 1.82) is 0 Å². The summed E-state index contributed by atoms with van der Waals surface area (Å²) in [5.74, 6) is 1.56. The van der Waals surface area contributed by atoms with Crippen LogP contribution in [0.2, 0.25) is 0 Å². The van der Waals surface area contributed by atoms with Gasteiger partial charge in [0, 0.05) is 44.6 Å². The third kappa shape index (κ3) is 3.75. The van der Waals surface area contributed by atoms with E-state index in [-0.39, 0.29) is 29.5 Å². The van der Waals surface area contributed by atoms with E-state index in [2.05, 4.69) is 28.6 Å². The lowest BCUT2D eigenvalue weighted by atomic mass is 9.97. The van der Waals surface area contributed by atoms with Crippen molar-refractivity contribution in [2.24, 2.45) is 22.7 Å². The number of benzene rings is 2. The van der Waals surface area contributed by atoms with E-state index in [1.807, 2.05) is 11.0 Å². The lowest BCUT2D eigenvalue weighted by molar-refractivity contribution is -0.139. The van der Waals surface area contributed by atoms with Gasteiger partial charge in [0.05, 0.1) is 11.3 Å². The molecule has 38 heavy (non-hydrogen) atoms. The van der Waals surface area contributed by atoms with Crippen LogP contribution in [-0.4, -0.2) is 59.2 Å². The molecule has 7 nitrogen and oxygen atoms in total. The molecule has 3 aliphatic carbocycles. The van der Waals surface area contributed by atoms with E-state index < -0.39 is 5.54 Å². The Kier molecular flexibility index (Phi) is 4.85. The van der Waals surface area contributed by atoms with Gasteiger partial charge in [-0.2, -0.15) is 0 Å². The standard InChI is InChI=1S/C30H32FN5O2/c31-25-12-22(21-6-8-26-23(11-21)13-32-36(26)17-18-1-2-18)5-7-24(25)27-33-30(9-10-30)29(38)35(27)16-19-14-34(15-19)28(37)20-3-4-20/h5-8,11-12,18-20,32H,1-4,9-10,13-17H2. The van der Waals surface area contributed by atoms with E-state index >= 15 is 4.39 Å². The summed E-state index contributed by atoms with van der Waals surface area (Å²) in [5, 5.41) is 2.25. The van der Waals surface area contributed by atoms with E-state index in [1.165, 1.54) is 24.1 Å². The molecule has 0 atom stereocenters. The number of carbonyl (C=O) groups is 2. The summed E-state index contributed by atoms with van der Waals surface area (Å²) in [6.45, 7) is 3.67. The SMILES string of the molecule is O=C(C1CC1)N1CC(CN2C(=O)C3(CC3)N=C2c2ccc(-c3ccc4c(c3)CNN4CC3CC3)cc2F)C1. The lowest BCUT2D eigenvalue weighted by Crippen LogP contribution is -2.55. The zero-order chi connectivity index (χ0) is 25.6. The number of amides is 2. The highest BCUT2D eigenvalue weighted by atomic mass is 19.1. The van der Waals surface area contributed by atoms with Crippen LogP contribution < -0.4 is 10.4 Å². The number of amidine groups is 1. The van der Waals surface area contributed by atoms with Crippen LogP contribution in [0.5, 0.6) is 0 Å². The van der Waals surface area contributed by atoms with Crippen molar-refractivity contribution in [2.75, 3.05) is 31.2 Å². The summed E-state index contributed by atoms with van der Waals surface area (Å²) in [6.07, 6.45) is 6.07. The molecule has 6 aliphatic rings. The number of nitrogens with one attached hydrogen (secondary N) is 1. The maximum Gasteiger partial charge on any atom is 0.256 e. The molecule has 1 saturated heterocycles. The predicted molar refractivity (Wildman–Crippen MR) is 142 cm³/mol. The first-order valence-corrected chi connectivity index (χ1v) is 14.1. The van der Waals surface area contributed by atoms with Crippen molar-refractivity contribution < 1.29 is 14.0 Å². The molecule has 0 radical (unpaired) electrons. The van der Waals surface area contributed by atoms with Crippen molar-refractivity contribution in [3.8, 4) is 11.1 Å². The second-order valence-electron chi connectivity index (χ2n) is 12.2. The first-order chi connectivity index (χ1) is 18.5. The second kappa shape index (κ2) is 8.12. The molecule has 3 saturated carbocycles. The molecule has 1 N–H and O–H groups in total. The topological polar surface area (TPSA) is 68.2 Å². The highest BCUT2D eigenvalue weighted by Gasteiger charge is 2.58. The van der Waals surface area contributed by atoms with Crippen LogP contribution in [0.4, 0.5) is 10.1 Å². The van der Waals surface area contributed by atoms with Crippen LogP contribution in [0.1, 0.15) is 49.7 Å². The number of aliphatic imine (C=N–C) groups is 1. The van der Waals surface area contributed by atoms with Gasteiger partial charge in [0.25, 0.3) is 5.91 Å². The van der Waals surface area contributed by atoms with Crippen molar-refractivity contribution >= 4 is 23.3 Å². The molecule has 0 unspecified atom stereocenters. The Balaban J connectivity index is 1.02. The first-order valence-electron chi connectivity index (χ1n) is 14.1. The monoisotopic (exact) mass is 513 g/mol. The fourth-order valence-electron chi connectivity index (χ4n) is 6.22. The molecule has 196 valence electrons. The van der Waals surface area contributed by atoms with E-state index in [0.717, 1.165) is 55.8 Å². The zero-order valence-electron chi connectivity index (χ0n) is 21.5. The Hall–Kier alpha value is -3.26. The number of nitrogens with zero attached hydrogens (tertiary/aromatic N) is 4. The molecule has 8 heteroatoms. The normalized spacial score (nSPS) is 23.7. The Morgan fingerprint density at radius 3 is 2.47 bits per heavy atom. The lowest BCUT2D eigenvalue weighted by Gasteiger charge is -2.41. The Morgan fingerprint density at radius 1 is 1.00 bits per heavy atom. The minimum Gasteiger partial charge on any atom is -0.342 e. The van der Waals surface area contributed by atoms with Crippen LogP contribution in [0.3, 0.4) is 0 Å². The fraction of sp³-hybridized carbons (Fsp3) is 0.500. The highest BCUT2D eigenvalue weighted by Crippen LogP contribution is 2.47. The third-order valence-corrected chi connectivity index (χ3v) is 9.09. The van der Waals surface area contributed by atoms with Crippen molar-refractivity contribution in [2.45, 2.75) is 50.6 Å². The van der Waals surface area contributed by atoms with Gasteiger partial charge in [-0.1, -0.05) is 12.1 Å². The summed E-state index contributed by atoms with van der Waals surface area (Å²) >= 11 is 0. The zero-order valence-corrected chi connectivity index (χ0v) is 21.5. The molecule has 3 aliphatic heterocycles. The number of carbonyl (C=O) groups excluding carboxylic acids is 2. The van der Waals surface area contributed by atoms with E-state index in [9.17, 15) is 9.59 Å². The van der Waals surface area contributed by atoms with Gasteiger partial charge in [-0.05, 0) is 85.4 Å². The summed E-state index contributed by atoms with van der Waals surface area (Å²) in [4.78, 5) is 34.0. The first kappa shape index (κ1) is 22.7. The molecule has 8 rings (SSSR count). The average Bonchev–Trinajstić information content (AvgIpc) is 3.76. The van der Waals surface area contributed by atoms with Crippen LogP contribution in [0.25, 0.3) is 11.1 Å². The van der Waals surface area contributed by atoms with Gasteiger partial charge in [0.1, 0.15) is 17.2 Å². The average molecular weight is 514 g/mol. The number of rotatable bonds is 7. The summed E-state index contributed by atoms with van der Waals surface area (Å²) < 4.78 is 15.7. The van der Waals surface area contributed by atoms with Gasteiger partial charge in [-0.3, -0.25) is 19.5 Å². The molecular weight excluding hydrogens is 481 g/mol. The molecule has 2 aromatic rings.